The number of rotatable bonds is 46. The van der Waals surface area contributed by atoms with E-state index in [-0.39, 0.29) is 12.5 Å². The highest BCUT2D eigenvalue weighted by Crippen LogP contribution is 2.17. The molecule has 0 spiro atoms. The van der Waals surface area contributed by atoms with E-state index in [0.717, 1.165) is 51.4 Å². The third kappa shape index (κ3) is 41.0. The van der Waals surface area contributed by atoms with Crippen molar-refractivity contribution in [2.45, 2.75) is 289 Å². The maximum absolute atomic E-state index is 12.4. The second-order valence-corrected chi connectivity index (χ2v) is 17.4. The van der Waals surface area contributed by atoms with Gasteiger partial charge in [0.25, 0.3) is 0 Å². The number of amides is 1. The van der Waals surface area contributed by atoms with Gasteiger partial charge >= 0.3 is 0 Å². The summed E-state index contributed by atoms with van der Waals surface area (Å²) in [6.45, 7) is 4.10. The molecule has 0 aliphatic rings. The second-order valence-electron chi connectivity index (χ2n) is 17.4. The van der Waals surface area contributed by atoms with Gasteiger partial charge in [-0.1, -0.05) is 244 Å². The Labute approximate surface area is 350 Å². The number of hydrogen-bond donors (Lipinski definition) is 4. The minimum Gasteiger partial charge on any atom is -0.394 e. The summed E-state index contributed by atoms with van der Waals surface area (Å²) in [6, 6.07) is -0.828. The van der Waals surface area contributed by atoms with Gasteiger partial charge in [-0.3, -0.25) is 4.79 Å². The molecule has 0 aromatic carbocycles. The molecular formula is C51H99NO4. The first-order chi connectivity index (χ1) is 27.6. The Balaban J connectivity index is 3.44. The summed E-state index contributed by atoms with van der Waals surface area (Å²) in [5, 5.41) is 33.4. The number of carbonyl (C=O) groups excluding carboxylic acids is 1. The fraction of sp³-hybridized carbons (Fsp3) is 0.902. The van der Waals surface area contributed by atoms with Crippen LogP contribution in [-0.2, 0) is 4.79 Å². The lowest BCUT2D eigenvalue weighted by Gasteiger charge is -2.26. The molecule has 5 heteroatoms. The van der Waals surface area contributed by atoms with Crippen LogP contribution in [0.5, 0.6) is 0 Å². The highest BCUT2D eigenvalue weighted by molar-refractivity contribution is 5.76. The average molecular weight is 790 g/mol. The van der Waals surface area contributed by atoms with Crippen molar-refractivity contribution >= 4 is 5.91 Å². The van der Waals surface area contributed by atoms with Crippen LogP contribution < -0.4 is 5.32 Å². The minimum atomic E-state index is -1.16. The highest BCUT2D eigenvalue weighted by atomic mass is 16.3. The summed E-state index contributed by atoms with van der Waals surface area (Å²) in [4.78, 5) is 12.4. The first kappa shape index (κ1) is 54.8. The molecule has 0 aliphatic heterocycles. The van der Waals surface area contributed by atoms with E-state index in [1.54, 1.807) is 0 Å². The van der Waals surface area contributed by atoms with Crippen LogP contribution in [0.2, 0.25) is 0 Å². The van der Waals surface area contributed by atoms with Gasteiger partial charge in [0.1, 0.15) is 6.10 Å². The fourth-order valence-electron chi connectivity index (χ4n) is 7.89. The van der Waals surface area contributed by atoms with Crippen molar-refractivity contribution in [2.24, 2.45) is 0 Å². The molecule has 0 saturated carbocycles. The molecule has 56 heavy (non-hydrogen) atoms. The number of hydrogen-bond acceptors (Lipinski definition) is 4. The third-order valence-electron chi connectivity index (χ3n) is 11.8. The molecule has 0 radical (unpaired) electrons. The Bertz CT molecular complexity index is 829. The van der Waals surface area contributed by atoms with E-state index in [2.05, 4.69) is 43.5 Å². The predicted molar refractivity (Wildman–Crippen MR) is 245 cm³/mol. The van der Waals surface area contributed by atoms with E-state index in [1.807, 2.05) is 0 Å². The van der Waals surface area contributed by atoms with Crippen molar-refractivity contribution in [3.05, 3.63) is 24.3 Å². The lowest BCUT2D eigenvalue weighted by atomic mass is 10.0. The lowest BCUT2D eigenvalue weighted by molar-refractivity contribution is -0.124. The molecule has 3 unspecified atom stereocenters. The van der Waals surface area contributed by atoms with Gasteiger partial charge in [0, 0.05) is 6.42 Å². The highest BCUT2D eigenvalue weighted by Gasteiger charge is 2.26. The monoisotopic (exact) mass is 790 g/mol. The van der Waals surface area contributed by atoms with Gasteiger partial charge < -0.3 is 20.6 Å². The van der Waals surface area contributed by atoms with Crippen molar-refractivity contribution in [3.63, 3.8) is 0 Å². The summed E-state index contributed by atoms with van der Waals surface area (Å²) in [5.74, 6) is -0.156. The number of aliphatic hydroxyl groups excluding tert-OH is 3. The topological polar surface area (TPSA) is 89.8 Å². The van der Waals surface area contributed by atoms with Gasteiger partial charge in [0.2, 0.25) is 5.91 Å². The second kappa shape index (κ2) is 46.5. The van der Waals surface area contributed by atoms with Crippen molar-refractivity contribution < 1.29 is 20.1 Å². The maximum Gasteiger partial charge on any atom is 0.220 e. The Morgan fingerprint density at radius 2 is 0.750 bits per heavy atom. The zero-order chi connectivity index (χ0) is 40.8. The number of carbonyl (C=O) groups is 1. The number of unbranched alkanes of at least 4 members (excludes halogenated alkanes) is 34. The van der Waals surface area contributed by atoms with E-state index in [4.69, 9.17) is 0 Å². The van der Waals surface area contributed by atoms with Gasteiger partial charge in [-0.25, -0.2) is 0 Å². The Morgan fingerprint density at radius 3 is 1.09 bits per heavy atom. The van der Waals surface area contributed by atoms with E-state index in [1.165, 1.54) is 193 Å². The van der Waals surface area contributed by atoms with Crippen molar-refractivity contribution in [3.8, 4) is 0 Å². The van der Waals surface area contributed by atoms with Crippen LogP contribution in [0.1, 0.15) is 271 Å². The van der Waals surface area contributed by atoms with E-state index >= 15 is 0 Å². The molecule has 4 N–H and O–H groups in total. The maximum atomic E-state index is 12.4. The first-order valence-electron chi connectivity index (χ1n) is 25.1. The standard InChI is InChI=1S/C51H99NO4/c1-3-5-7-9-11-13-15-16-17-18-19-20-21-22-23-24-25-26-27-28-29-30-31-32-33-34-35-36-38-40-42-44-46-50(55)52-48(47-53)51(56)49(54)45-43-41-39-37-14-12-10-8-6-4-2/h8,10,37,39,48-49,51,53-54,56H,3-7,9,11-36,38,40-47H2,1-2H3,(H,52,55)/b10-8+,39-37+. The Hall–Kier alpha value is -1.17. The number of allylic oxidation sites excluding steroid dienone is 4. The largest absolute Gasteiger partial charge is 0.394 e. The molecule has 0 rings (SSSR count). The van der Waals surface area contributed by atoms with Gasteiger partial charge in [-0.05, 0) is 44.9 Å². The van der Waals surface area contributed by atoms with Gasteiger partial charge in [0.05, 0.1) is 18.8 Å². The van der Waals surface area contributed by atoms with Gasteiger partial charge in [0.15, 0.2) is 0 Å². The van der Waals surface area contributed by atoms with Crippen LogP contribution >= 0.6 is 0 Å². The number of nitrogens with one attached hydrogen (secondary N) is 1. The molecule has 0 aromatic heterocycles. The summed E-state index contributed by atoms with van der Waals surface area (Å²) in [7, 11) is 0. The molecule has 0 saturated heterocycles. The van der Waals surface area contributed by atoms with Crippen molar-refractivity contribution in [2.75, 3.05) is 6.61 Å². The number of aliphatic hydroxyl groups is 3. The normalized spacial score (nSPS) is 13.6. The minimum absolute atomic E-state index is 0.156. The SMILES string of the molecule is CCC/C=C/CC/C=C/CCCC(O)C(O)C(CO)NC(=O)CCCCCCCCCCCCCCCCCCCCCCCCCCCCCCCCCC. The van der Waals surface area contributed by atoms with Gasteiger partial charge in [-0.15, -0.1) is 0 Å². The van der Waals surface area contributed by atoms with E-state index in [0.29, 0.717) is 12.8 Å². The molecule has 0 bridgehead atoms. The van der Waals surface area contributed by atoms with Crippen LogP contribution in [0.4, 0.5) is 0 Å². The fourth-order valence-corrected chi connectivity index (χ4v) is 7.89. The molecule has 0 fully saturated rings. The molecule has 0 heterocycles. The summed E-state index contributed by atoms with van der Waals surface area (Å²) >= 11 is 0. The summed E-state index contributed by atoms with van der Waals surface area (Å²) < 4.78 is 0. The van der Waals surface area contributed by atoms with Crippen LogP contribution in [0.25, 0.3) is 0 Å². The summed E-state index contributed by atoms with van der Waals surface area (Å²) in [6.07, 6.45) is 57.7. The van der Waals surface area contributed by atoms with Crippen LogP contribution in [0, 0.1) is 0 Å². The van der Waals surface area contributed by atoms with Crippen LogP contribution in [0.15, 0.2) is 24.3 Å². The Morgan fingerprint density at radius 1 is 0.429 bits per heavy atom. The van der Waals surface area contributed by atoms with E-state index < -0.39 is 18.2 Å². The van der Waals surface area contributed by atoms with Crippen molar-refractivity contribution in [1.82, 2.24) is 5.32 Å². The molecular weight excluding hydrogens is 691 g/mol. The first-order valence-corrected chi connectivity index (χ1v) is 25.1. The molecule has 332 valence electrons. The Kier molecular flexibility index (Phi) is 45.5. The third-order valence-corrected chi connectivity index (χ3v) is 11.8. The molecule has 0 aromatic rings. The van der Waals surface area contributed by atoms with Crippen LogP contribution in [0.3, 0.4) is 0 Å². The lowest BCUT2D eigenvalue weighted by Crippen LogP contribution is -2.50. The van der Waals surface area contributed by atoms with Crippen molar-refractivity contribution in [1.29, 1.82) is 0 Å². The zero-order valence-electron chi connectivity index (χ0n) is 37.8. The zero-order valence-corrected chi connectivity index (χ0v) is 37.8. The molecule has 0 aliphatic carbocycles. The molecule has 5 nitrogen and oxygen atoms in total. The van der Waals surface area contributed by atoms with Crippen LogP contribution in [-0.4, -0.2) is 46.1 Å². The molecule has 1 amide bonds. The van der Waals surface area contributed by atoms with E-state index in [9.17, 15) is 20.1 Å². The molecule has 3 atom stereocenters. The average Bonchev–Trinajstić information content (AvgIpc) is 3.20. The van der Waals surface area contributed by atoms with Gasteiger partial charge in [-0.2, -0.15) is 0 Å². The summed E-state index contributed by atoms with van der Waals surface area (Å²) in [5.41, 5.74) is 0. The quantitative estimate of drug-likeness (QED) is 0.0365. The predicted octanol–water partition coefficient (Wildman–Crippen LogP) is 14.9. The smallest absolute Gasteiger partial charge is 0.220 e.